The summed E-state index contributed by atoms with van der Waals surface area (Å²) in [7, 11) is 0. The van der Waals surface area contributed by atoms with Crippen LogP contribution < -0.4 is 4.90 Å². The van der Waals surface area contributed by atoms with Gasteiger partial charge >= 0.3 is 0 Å². The molecule has 0 unspecified atom stereocenters. The number of anilines is 1. The molecule has 4 rings (SSSR count). The molecule has 2 heterocycles. The van der Waals surface area contributed by atoms with Gasteiger partial charge in [0.1, 0.15) is 23.1 Å². The van der Waals surface area contributed by atoms with E-state index in [4.69, 9.17) is 4.42 Å². The zero-order chi connectivity index (χ0) is 18.1. The number of nitrogens with zero attached hydrogens (tertiary/aromatic N) is 2. The van der Waals surface area contributed by atoms with Crippen molar-refractivity contribution >= 4 is 23.5 Å². The summed E-state index contributed by atoms with van der Waals surface area (Å²) in [6.45, 7) is 1.99. The zero-order valence-electron chi connectivity index (χ0n) is 14.0. The highest BCUT2D eigenvalue weighted by molar-refractivity contribution is 6.33. The Kier molecular flexibility index (Phi) is 3.97. The van der Waals surface area contributed by atoms with Crippen LogP contribution in [0.2, 0.25) is 0 Å². The zero-order valence-corrected chi connectivity index (χ0v) is 14.0. The van der Waals surface area contributed by atoms with E-state index in [0.29, 0.717) is 17.3 Å². The molecule has 0 radical (unpaired) electrons. The number of carbonyl (C=O) groups is 1. The maximum Gasteiger partial charge on any atom is 0.282 e. The van der Waals surface area contributed by atoms with E-state index < -0.39 is 0 Å². The minimum Gasteiger partial charge on any atom is -0.465 e. The van der Waals surface area contributed by atoms with Crippen molar-refractivity contribution in [2.45, 2.75) is 6.92 Å². The highest BCUT2D eigenvalue weighted by atomic mass is 19.1. The molecular formula is C21H15FN2O2. The topological polar surface area (TPSA) is 45.8 Å². The Labute approximate surface area is 149 Å². The molecule has 0 saturated heterocycles. The quantitative estimate of drug-likeness (QED) is 0.653. The molecule has 0 spiro atoms. The van der Waals surface area contributed by atoms with Gasteiger partial charge in [0.2, 0.25) is 0 Å². The predicted octanol–water partition coefficient (Wildman–Crippen LogP) is 4.56. The number of amidine groups is 1. The Hall–Kier alpha value is -3.47. The van der Waals surface area contributed by atoms with Gasteiger partial charge in [-0.25, -0.2) is 9.38 Å². The molecule has 0 atom stereocenters. The maximum atomic E-state index is 13.3. The minimum absolute atomic E-state index is 0.264. The van der Waals surface area contributed by atoms with Crippen molar-refractivity contribution in [2.75, 3.05) is 4.90 Å². The molecule has 2 aromatic carbocycles. The van der Waals surface area contributed by atoms with Crippen molar-refractivity contribution in [2.24, 2.45) is 4.99 Å². The van der Waals surface area contributed by atoms with E-state index in [2.05, 4.69) is 4.99 Å². The van der Waals surface area contributed by atoms with Crippen LogP contribution in [-0.4, -0.2) is 11.7 Å². The van der Waals surface area contributed by atoms with Gasteiger partial charge in [-0.1, -0.05) is 29.8 Å². The van der Waals surface area contributed by atoms with Gasteiger partial charge in [0.05, 0.1) is 12.0 Å². The SMILES string of the molecule is Cc1ccc(C2=N/C(=C/c3ccco3)C(=O)N2c2ccc(F)cc2)cc1. The summed E-state index contributed by atoms with van der Waals surface area (Å²) in [6, 6.07) is 17.0. The normalized spacial score (nSPS) is 15.6. The Morgan fingerprint density at radius 1 is 1.04 bits per heavy atom. The molecule has 128 valence electrons. The molecule has 0 saturated carbocycles. The summed E-state index contributed by atoms with van der Waals surface area (Å²) in [5.74, 6) is 0.393. The molecule has 0 N–H and O–H groups in total. The van der Waals surface area contributed by atoms with Gasteiger partial charge in [-0.3, -0.25) is 9.69 Å². The number of aryl methyl sites for hydroxylation is 1. The van der Waals surface area contributed by atoms with Gasteiger partial charge in [0, 0.05) is 11.6 Å². The maximum absolute atomic E-state index is 13.3. The van der Waals surface area contributed by atoms with Crippen LogP contribution in [0.3, 0.4) is 0 Å². The Morgan fingerprint density at radius 3 is 2.42 bits per heavy atom. The molecule has 1 amide bonds. The minimum atomic E-state index is -0.361. The van der Waals surface area contributed by atoms with E-state index in [1.165, 1.54) is 23.3 Å². The van der Waals surface area contributed by atoms with Crippen LogP contribution in [0, 0.1) is 12.7 Å². The van der Waals surface area contributed by atoms with Crippen molar-refractivity contribution in [3.63, 3.8) is 0 Å². The third-order valence-electron chi connectivity index (χ3n) is 4.08. The van der Waals surface area contributed by atoms with E-state index in [0.717, 1.165) is 11.1 Å². The summed E-state index contributed by atoms with van der Waals surface area (Å²) in [5, 5.41) is 0. The lowest BCUT2D eigenvalue weighted by molar-refractivity contribution is -0.113. The monoisotopic (exact) mass is 346 g/mol. The van der Waals surface area contributed by atoms with E-state index >= 15 is 0 Å². The summed E-state index contributed by atoms with van der Waals surface area (Å²) in [6.07, 6.45) is 3.13. The van der Waals surface area contributed by atoms with Crippen molar-refractivity contribution in [3.05, 3.63) is 95.3 Å². The summed E-state index contributed by atoms with van der Waals surface area (Å²) in [4.78, 5) is 19.0. The number of carbonyl (C=O) groups excluding carboxylic acids is 1. The first kappa shape index (κ1) is 16.0. The second kappa shape index (κ2) is 6.44. The van der Waals surface area contributed by atoms with Crippen LogP contribution in [0.25, 0.3) is 6.08 Å². The van der Waals surface area contributed by atoms with Gasteiger partial charge in [-0.05, 0) is 43.3 Å². The highest BCUT2D eigenvalue weighted by Gasteiger charge is 2.32. The number of benzene rings is 2. The number of hydrogen-bond acceptors (Lipinski definition) is 3. The third kappa shape index (κ3) is 2.95. The Balaban J connectivity index is 1.82. The van der Waals surface area contributed by atoms with Crippen LogP contribution in [0.1, 0.15) is 16.9 Å². The van der Waals surface area contributed by atoms with Gasteiger partial charge in [-0.2, -0.15) is 0 Å². The summed E-state index contributed by atoms with van der Waals surface area (Å²) in [5.41, 5.74) is 2.73. The van der Waals surface area contributed by atoms with Crippen LogP contribution in [0.15, 0.2) is 82.0 Å². The van der Waals surface area contributed by atoms with Crippen LogP contribution in [0.5, 0.6) is 0 Å². The van der Waals surface area contributed by atoms with Gasteiger partial charge in [0.25, 0.3) is 5.91 Å². The van der Waals surface area contributed by atoms with Gasteiger partial charge < -0.3 is 4.42 Å². The molecule has 3 aromatic rings. The lowest BCUT2D eigenvalue weighted by Crippen LogP contribution is -2.32. The number of amides is 1. The predicted molar refractivity (Wildman–Crippen MR) is 98.3 cm³/mol. The Morgan fingerprint density at radius 2 is 1.77 bits per heavy atom. The number of halogens is 1. The number of furan rings is 1. The van der Waals surface area contributed by atoms with E-state index in [9.17, 15) is 9.18 Å². The fourth-order valence-corrected chi connectivity index (χ4v) is 2.75. The first-order chi connectivity index (χ1) is 12.6. The second-order valence-electron chi connectivity index (χ2n) is 5.96. The molecule has 1 aromatic heterocycles. The molecule has 1 aliphatic rings. The average molecular weight is 346 g/mol. The van der Waals surface area contributed by atoms with Crippen molar-refractivity contribution in [1.82, 2.24) is 0 Å². The fraction of sp³-hybridized carbons (Fsp3) is 0.0476. The summed E-state index contributed by atoms with van der Waals surface area (Å²) < 4.78 is 18.6. The number of aliphatic imine (C=N–C) groups is 1. The molecular weight excluding hydrogens is 331 g/mol. The molecule has 0 bridgehead atoms. The van der Waals surface area contributed by atoms with Gasteiger partial charge in [-0.15, -0.1) is 0 Å². The average Bonchev–Trinajstić information content (AvgIpc) is 3.26. The molecule has 1 aliphatic heterocycles. The van der Waals surface area contributed by atoms with Crippen LogP contribution in [-0.2, 0) is 4.79 Å². The molecule has 0 fully saturated rings. The molecule has 26 heavy (non-hydrogen) atoms. The van der Waals surface area contributed by atoms with E-state index in [1.807, 2.05) is 31.2 Å². The van der Waals surface area contributed by atoms with Crippen LogP contribution >= 0.6 is 0 Å². The highest BCUT2D eigenvalue weighted by Crippen LogP contribution is 2.28. The smallest absolute Gasteiger partial charge is 0.282 e. The lowest BCUT2D eigenvalue weighted by atomic mass is 10.1. The van der Waals surface area contributed by atoms with Crippen molar-refractivity contribution in [1.29, 1.82) is 0 Å². The first-order valence-electron chi connectivity index (χ1n) is 8.13. The van der Waals surface area contributed by atoms with Gasteiger partial charge in [0.15, 0.2) is 0 Å². The van der Waals surface area contributed by atoms with E-state index in [1.54, 1.807) is 30.3 Å². The molecule has 5 heteroatoms. The molecule has 0 aliphatic carbocycles. The fourth-order valence-electron chi connectivity index (χ4n) is 2.75. The standard InChI is InChI=1S/C21H15FN2O2/c1-14-4-6-15(7-5-14)20-23-19(13-18-3-2-12-26-18)21(25)24(20)17-10-8-16(22)9-11-17/h2-13H,1H3/b19-13+. The summed E-state index contributed by atoms with van der Waals surface area (Å²) >= 11 is 0. The van der Waals surface area contributed by atoms with Crippen molar-refractivity contribution < 1.29 is 13.6 Å². The van der Waals surface area contributed by atoms with Crippen LogP contribution in [0.4, 0.5) is 10.1 Å². The first-order valence-corrected chi connectivity index (χ1v) is 8.13. The van der Waals surface area contributed by atoms with E-state index in [-0.39, 0.29) is 17.4 Å². The Bertz CT molecular complexity index is 1000. The largest absolute Gasteiger partial charge is 0.465 e. The molecule has 4 nitrogen and oxygen atoms in total. The van der Waals surface area contributed by atoms with Crippen molar-refractivity contribution in [3.8, 4) is 0 Å². The second-order valence-corrected chi connectivity index (χ2v) is 5.96. The number of hydrogen-bond donors (Lipinski definition) is 0. The lowest BCUT2D eigenvalue weighted by Gasteiger charge is -2.18. The third-order valence-corrected chi connectivity index (χ3v) is 4.08. The number of rotatable bonds is 3.